The first kappa shape index (κ1) is 10.8. The molecular weight excluding hydrogens is 204 g/mol. The number of phenols is 1. The molecule has 0 spiro atoms. The maximum Gasteiger partial charge on any atom is 0.345 e. The molecule has 1 aromatic rings. The third kappa shape index (κ3) is 1.80. The van der Waals surface area contributed by atoms with Gasteiger partial charge < -0.3 is 15.6 Å². The number of nitro groups is 1. The molecule has 0 amide bonds. The fourth-order valence-electron chi connectivity index (χ4n) is 1.05. The van der Waals surface area contributed by atoms with Crippen molar-refractivity contribution in [2.24, 2.45) is 0 Å². The van der Waals surface area contributed by atoms with Gasteiger partial charge in [0.15, 0.2) is 0 Å². The number of nitrogen functional groups attached to an aromatic ring is 1. The van der Waals surface area contributed by atoms with E-state index in [0.29, 0.717) is 0 Å². The van der Waals surface area contributed by atoms with Gasteiger partial charge in [0.25, 0.3) is 0 Å². The van der Waals surface area contributed by atoms with Crippen LogP contribution >= 0.6 is 0 Å². The van der Waals surface area contributed by atoms with Crippen molar-refractivity contribution in [3.63, 3.8) is 0 Å². The summed E-state index contributed by atoms with van der Waals surface area (Å²) in [4.78, 5) is 20.8. The van der Waals surface area contributed by atoms with E-state index >= 15 is 0 Å². The van der Waals surface area contributed by atoms with E-state index in [-0.39, 0.29) is 11.3 Å². The Morgan fingerprint density at radius 2 is 2.20 bits per heavy atom. The molecule has 0 aromatic heterocycles. The normalized spacial score (nSPS) is 9.67. The lowest BCUT2D eigenvalue weighted by atomic mass is 10.1. The van der Waals surface area contributed by atoms with Crippen LogP contribution in [0, 0.1) is 10.1 Å². The van der Waals surface area contributed by atoms with Crippen molar-refractivity contribution in [3.8, 4) is 5.75 Å². The van der Waals surface area contributed by atoms with Crippen molar-refractivity contribution in [1.82, 2.24) is 0 Å². The summed E-state index contributed by atoms with van der Waals surface area (Å²) in [5.74, 6) is -1.64. The van der Waals surface area contributed by atoms with Gasteiger partial charge >= 0.3 is 11.7 Å². The second kappa shape index (κ2) is 3.82. The van der Waals surface area contributed by atoms with E-state index in [4.69, 9.17) is 5.73 Å². The third-order valence-corrected chi connectivity index (χ3v) is 1.77. The second-order valence-electron chi connectivity index (χ2n) is 2.65. The number of nitrogens with two attached hydrogens (primary N) is 1. The third-order valence-electron chi connectivity index (χ3n) is 1.77. The van der Waals surface area contributed by atoms with E-state index in [1.54, 1.807) is 0 Å². The summed E-state index contributed by atoms with van der Waals surface area (Å²) >= 11 is 0. The lowest BCUT2D eigenvalue weighted by molar-refractivity contribution is -0.386. The number of carbonyl (C=O) groups excluding carboxylic acids is 1. The highest BCUT2D eigenvalue weighted by atomic mass is 16.6. The minimum Gasteiger partial charge on any atom is -0.501 e. The Labute approximate surface area is 84.2 Å². The van der Waals surface area contributed by atoms with E-state index in [1.165, 1.54) is 6.07 Å². The standard InChI is InChI=1S/C8H8N2O5/c1-15-8(12)4-2-3-5(9)7(11)6(4)10(13)14/h2-3,11H,9H2,1H3. The van der Waals surface area contributed by atoms with Crippen LogP contribution in [0.4, 0.5) is 11.4 Å². The molecule has 7 nitrogen and oxygen atoms in total. The number of phenolic OH excluding ortho intramolecular Hbond substituents is 1. The molecule has 0 fully saturated rings. The molecule has 0 aliphatic carbocycles. The Morgan fingerprint density at radius 1 is 1.60 bits per heavy atom. The molecule has 0 bridgehead atoms. The van der Waals surface area contributed by atoms with Crippen LogP contribution in [0.25, 0.3) is 0 Å². The maximum absolute atomic E-state index is 11.1. The number of methoxy groups -OCH3 is 1. The summed E-state index contributed by atoms with van der Waals surface area (Å²) in [6, 6.07) is 2.31. The maximum atomic E-state index is 11.1. The highest BCUT2D eigenvalue weighted by Crippen LogP contribution is 2.35. The van der Waals surface area contributed by atoms with Crippen LogP contribution in [0.3, 0.4) is 0 Å². The van der Waals surface area contributed by atoms with Crippen molar-refractivity contribution >= 4 is 17.3 Å². The molecule has 0 unspecified atom stereocenters. The number of carbonyl (C=O) groups is 1. The smallest absolute Gasteiger partial charge is 0.345 e. The predicted molar refractivity (Wildman–Crippen MR) is 50.5 cm³/mol. The minimum atomic E-state index is -0.906. The summed E-state index contributed by atoms with van der Waals surface area (Å²) in [6.07, 6.45) is 0. The summed E-state index contributed by atoms with van der Waals surface area (Å²) in [6.45, 7) is 0. The quantitative estimate of drug-likeness (QED) is 0.244. The lowest BCUT2D eigenvalue weighted by Crippen LogP contribution is -2.06. The molecule has 80 valence electrons. The molecule has 0 atom stereocenters. The molecule has 0 radical (unpaired) electrons. The van der Waals surface area contributed by atoms with Gasteiger partial charge in [0.2, 0.25) is 5.75 Å². The average Bonchev–Trinajstić information content (AvgIpc) is 2.20. The molecule has 1 aromatic carbocycles. The van der Waals surface area contributed by atoms with Gasteiger partial charge in [-0.15, -0.1) is 0 Å². The number of nitro benzene ring substituents is 1. The molecule has 15 heavy (non-hydrogen) atoms. The van der Waals surface area contributed by atoms with Crippen LogP contribution in [-0.4, -0.2) is 23.1 Å². The van der Waals surface area contributed by atoms with E-state index in [2.05, 4.69) is 4.74 Å². The topological polar surface area (TPSA) is 116 Å². The first-order valence-electron chi connectivity index (χ1n) is 3.83. The van der Waals surface area contributed by atoms with E-state index in [9.17, 15) is 20.0 Å². The fourth-order valence-corrected chi connectivity index (χ4v) is 1.05. The molecular formula is C8H8N2O5. The summed E-state index contributed by atoms with van der Waals surface area (Å²) in [7, 11) is 1.08. The second-order valence-corrected chi connectivity index (χ2v) is 2.65. The number of aromatic hydroxyl groups is 1. The van der Waals surface area contributed by atoms with Gasteiger partial charge in [0.05, 0.1) is 17.7 Å². The highest BCUT2D eigenvalue weighted by Gasteiger charge is 2.26. The van der Waals surface area contributed by atoms with Crippen LogP contribution in [0.1, 0.15) is 10.4 Å². The Morgan fingerprint density at radius 3 is 2.67 bits per heavy atom. The van der Waals surface area contributed by atoms with Crippen molar-refractivity contribution in [3.05, 3.63) is 27.8 Å². The monoisotopic (exact) mass is 212 g/mol. The van der Waals surface area contributed by atoms with Gasteiger partial charge in [-0.1, -0.05) is 0 Å². The van der Waals surface area contributed by atoms with Crippen LogP contribution in [0.5, 0.6) is 5.75 Å². The van der Waals surface area contributed by atoms with E-state index in [1.807, 2.05) is 0 Å². The molecule has 3 N–H and O–H groups in total. The van der Waals surface area contributed by atoms with Gasteiger partial charge in [0.1, 0.15) is 5.56 Å². The molecule has 0 saturated heterocycles. The van der Waals surface area contributed by atoms with Crippen LogP contribution in [0.2, 0.25) is 0 Å². The number of hydrogen-bond donors (Lipinski definition) is 2. The lowest BCUT2D eigenvalue weighted by Gasteiger charge is -2.04. The highest BCUT2D eigenvalue weighted by molar-refractivity contribution is 5.96. The van der Waals surface area contributed by atoms with Crippen LogP contribution in [-0.2, 0) is 4.74 Å². The van der Waals surface area contributed by atoms with Crippen molar-refractivity contribution in [2.75, 3.05) is 12.8 Å². The number of rotatable bonds is 2. The Hall–Kier alpha value is -2.31. The average molecular weight is 212 g/mol. The SMILES string of the molecule is COC(=O)c1ccc(N)c(O)c1[N+](=O)[O-]. The van der Waals surface area contributed by atoms with Gasteiger partial charge in [-0.3, -0.25) is 10.1 Å². The summed E-state index contributed by atoms with van der Waals surface area (Å²) < 4.78 is 4.33. The largest absolute Gasteiger partial charge is 0.501 e. The van der Waals surface area contributed by atoms with Gasteiger partial charge in [-0.05, 0) is 12.1 Å². The zero-order chi connectivity index (χ0) is 11.6. The molecule has 0 aliphatic heterocycles. The number of esters is 1. The summed E-state index contributed by atoms with van der Waals surface area (Å²) in [5.41, 5.74) is 4.00. The van der Waals surface area contributed by atoms with Crippen LogP contribution in [0.15, 0.2) is 12.1 Å². The Bertz CT molecular complexity index is 429. The van der Waals surface area contributed by atoms with Gasteiger partial charge in [-0.25, -0.2) is 4.79 Å². The van der Waals surface area contributed by atoms with Gasteiger partial charge in [0, 0.05) is 0 Å². The van der Waals surface area contributed by atoms with Crippen molar-refractivity contribution in [1.29, 1.82) is 0 Å². The first-order valence-corrected chi connectivity index (χ1v) is 3.83. The van der Waals surface area contributed by atoms with Crippen molar-refractivity contribution in [2.45, 2.75) is 0 Å². The number of benzene rings is 1. The van der Waals surface area contributed by atoms with Crippen LogP contribution < -0.4 is 5.73 Å². The molecule has 7 heteroatoms. The fraction of sp³-hybridized carbons (Fsp3) is 0.125. The first-order chi connectivity index (χ1) is 6.99. The zero-order valence-electron chi connectivity index (χ0n) is 7.76. The molecule has 1 rings (SSSR count). The Kier molecular flexibility index (Phi) is 2.75. The van der Waals surface area contributed by atoms with E-state index < -0.39 is 22.3 Å². The number of hydrogen-bond acceptors (Lipinski definition) is 6. The predicted octanol–water partition coefficient (Wildman–Crippen LogP) is 0.669. The summed E-state index contributed by atoms with van der Waals surface area (Å²) in [5, 5.41) is 19.9. The minimum absolute atomic E-state index is 0.172. The Balaban J connectivity index is 3.46. The zero-order valence-corrected chi connectivity index (χ0v) is 7.76. The molecule has 0 aliphatic rings. The van der Waals surface area contributed by atoms with Gasteiger partial charge in [-0.2, -0.15) is 0 Å². The number of nitrogens with zero attached hydrogens (tertiary/aromatic N) is 1. The molecule has 0 heterocycles. The molecule has 0 saturated carbocycles. The van der Waals surface area contributed by atoms with Crippen molar-refractivity contribution < 1.29 is 19.6 Å². The van der Waals surface area contributed by atoms with E-state index in [0.717, 1.165) is 13.2 Å². The number of anilines is 1. The number of ether oxygens (including phenoxy) is 1.